The summed E-state index contributed by atoms with van der Waals surface area (Å²) in [6.45, 7) is 3.14. The molecule has 0 saturated heterocycles. The third-order valence-electron chi connectivity index (χ3n) is 2.74. The molecule has 0 heterocycles. The number of hydrogen-bond acceptors (Lipinski definition) is 3. The fourth-order valence-corrected chi connectivity index (χ4v) is 1.96. The van der Waals surface area contributed by atoms with Crippen molar-refractivity contribution in [3.05, 3.63) is 71.8 Å². The number of nitrogens with zero attached hydrogens (tertiary/aromatic N) is 1. The Labute approximate surface area is 118 Å². The van der Waals surface area contributed by atoms with Crippen LogP contribution in [0.5, 0.6) is 0 Å². The molecule has 2 aromatic rings. The van der Waals surface area contributed by atoms with Gasteiger partial charge in [0.2, 0.25) is 0 Å². The van der Waals surface area contributed by atoms with Crippen LogP contribution in [0, 0.1) is 0 Å². The molecule has 3 nitrogen and oxygen atoms in total. The minimum atomic E-state index is -0.511. The Morgan fingerprint density at radius 3 is 1.80 bits per heavy atom. The Kier molecular flexibility index (Phi) is 4.66. The van der Waals surface area contributed by atoms with E-state index in [1.807, 2.05) is 60.7 Å². The minimum Gasteiger partial charge on any atom is -0.440 e. The Hall–Kier alpha value is -2.42. The lowest BCUT2D eigenvalue weighted by Gasteiger charge is -2.12. The molecule has 0 saturated carbocycles. The second-order valence-corrected chi connectivity index (χ2v) is 4.42. The average Bonchev–Trinajstić information content (AvgIpc) is 2.46. The van der Waals surface area contributed by atoms with Crippen molar-refractivity contribution < 1.29 is 9.53 Å². The Balaban J connectivity index is 2.40. The summed E-state index contributed by atoms with van der Waals surface area (Å²) >= 11 is 0. The zero-order valence-electron chi connectivity index (χ0n) is 11.6. The van der Waals surface area contributed by atoms with E-state index in [-0.39, 0.29) is 5.97 Å². The molecular weight excluding hydrogens is 250 g/mol. The molecule has 2 aromatic carbocycles. The van der Waals surface area contributed by atoms with Gasteiger partial charge in [-0.25, -0.2) is 4.99 Å². The van der Waals surface area contributed by atoms with Crippen LogP contribution >= 0.6 is 0 Å². The van der Waals surface area contributed by atoms with Crippen molar-refractivity contribution in [3.8, 4) is 0 Å². The fourth-order valence-electron chi connectivity index (χ4n) is 1.96. The molecule has 2 rings (SSSR count). The molecule has 20 heavy (non-hydrogen) atoms. The number of rotatable bonds is 4. The van der Waals surface area contributed by atoms with E-state index >= 15 is 0 Å². The van der Waals surface area contributed by atoms with Gasteiger partial charge in [-0.05, 0) is 6.92 Å². The Bertz CT molecular complexity index is 549. The van der Waals surface area contributed by atoms with Gasteiger partial charge in [0.05, 0.1) is 5.71 Å². The smallest absolute Gasteiger partial charge is 0.304 e. The van der Waals surface area contributed by atoms with Gasteiger partial charge in [0, 0.05) is 18.1 Å². The first-order chi connectivity index (χ1) is 9.66. The van der Waals surface area contributed by atoms with Crippen LogP contribution in [0.25, 0.3) is 0 Å². The summed E-state index contributed by atoms with van der Waals surface area (Å²) in [5, 5.41) is 0. The van der Waals surface area contributed by atoms with Crippen LogP contribution in [0.4, 0.5) is 0 Å². The number of benzene rings is 2. The van der Waals surface area contributed by atoms with Crippen molar-refractivity contribution in [2.45, 2.75) is 20.1 Å². The number of aliphatic imine (C=N–C) groups is 1. The number of carbonyl (C=O) groups is 1. The normalized spacial score (nSPS) is 11.5. The van der Waals surface area contributed by atoms with Crippen LogP contribution in [0.1, 0.15) is 25.0 Å². The highest BCUT2D eigenvalue weighted by molar-refractivity contribution is 6.12. The molecule has 0 N–H and O–H groups in total. The molecule has 1 unspecified atom stereocenters. The molecule has 0 fully saturated rings. The standard InChI is InChI=1S/C17H17NO2/c1-13(20-14(2)19)18-17(15-9-5-3-6-10-15)16-11-7-4-8-12-16/h3-13H,1-2H3. The third-order valence-corrected chi connectivity index (χ3v) is 2.74. The molecule has 0 aliphatic heterocycles. The molecule has 0 radical (unpaired) electrons. The molecule has 3 heteroatoms. The molecular formula is C17H17NO2. The first kappa shape index (κ1) is 14.0. The van der Waals surface area contributed by atoms with Gasteiger partial charge in [-0.1, -0.05) is 60.7 Å². The molecule has 0 spiro atoms. The van der Waals surface area contributed by atoms with Crippen molar-refractivity contribution in [1.29, 1.82) is 0 Å². The first-order valence-electron chi connectivity index (χ1n) is 6.52. The molecule has 0 amide bonds. The third kappa shape index (κ3) is 3.79. The van der Waals surface area contributed by atoms with Crippen molar-refractivity contribution in [2.75, 3.05) is 0 Å². The highest BCUT2D eigenvalue weighted by atomic mass is 16.6. The summed E-state index contributed by atoms with van der Waals surface area (Å²) in [5.41, 5.74) is 2.82. The maximum atomic E-state index is 11.0. The van der Waals surface area contributed by atoms with Gasteiger partial charge >= 0.3 is 5.97 Å². The number of esters is 1. The maximum Gasteiger partial charge on any atom is 0.304 e. The minimum absolute atomic E-state index is 0.332. The average molecular weight is 267 g/mol. The predicted octanol–water partition coefficient (Wildman–Crippen LogP) is 3.43. The number of ether oxygens (including phenoxy) is 1. The topological polar surface area (TPSA) is 38.7 Å². The first-order valence-corrected chi connectivity index (χ1v) is 6.52. The summed E-state index contributed by atoms with van der Waals surface area (Å²) < 4.78 is 5.10. The number of hydrogen-bond donors (Lipinski definition) is 0. The van der Waals surface area contributed by atoms with E-state index in [1.54, 1.807) is 6.92 Å². The molecule has 0 aliphatic rings. The SMILES string of the molecule is CC(=O)OC(C)N=C(c1ccccc1)c1ccccc1. The highest BCUT2D eigenvalue weighted by Gasteiger charge is 2.10. The van der Waals surface area contributed by atoms with E-state index in [1.165, 1.54) is 6.92 Å². The maximum absolute atomic E-state index is 11.0. The quantitative estimate of drug-likeness (QED) is 0.628. The predicted molar refractivity (Wildman–Crippen MR) is 79.8 cm³/mol. The monoisotopic (exact) mass is 267 g/mol. The van der Waals surface area contributed by atoms with Gasteiger partial charge in [0.15, 0.2) is 6.23 Å². The van der Waals surface area contributed by atoms with E-state index in [0.29, 0.717) is 0 Å². The Morgan fingerprint density at radius 2 is 1.40 bits per heavy atom. The molecule has 102 valence electrons. The zero-order valence-corrected chi connectivity index (χ0v) is 11.6. The van der Waals surface area contributed by atoms with E-state index in [2.05, 4.69) is 4.99 Å². The van der Waals surface area contributed by atoms with Crippen LogP contribution < -0.4 is 0 Å². The van der Waals surface area contributed by atoms with E-state index < -0.39 is 6.23 Å². The van der Waals surface area contributed by atoms with Gasteiger partial charge in [-0.2, -0.15) is 0 Å². The van der Waals surface area contributed by atoms with Crippen LogP contribution in [0.2, 0.25) is 0 Å². The lowest BCUT2D eigenvalue weighted by Crippen LogP contribution is -2.14. The van der Waals surface area contributed by atoms with Gasteiger partial charge in [0.25, 0.3) is 0 Å². The Morgan fingerprint density at radius 1 is 0.950 bits per heavy atom. The largest absolute Gasteiger partial charge is 0.440 e. The molecule has 0 bridgehead atoms. The molecule has 1 atom stereocenters. The van der Waals surface area contributed by atoms with Crippen molar-refractivity contribution in [2.24, 2.45) is 4.99 Å². The van der Waals surface area contributed by atoms with Gasteiger partial charge in [-0.3, -0.25) is 4.79 Å². The van der Waals surface area contributed by atoms with Crippen molar-refractivity contribution in [1.82, 2.24) is 0 Å². The number of carbonyl (C=O) groups excluding carboxylic acids is 1. The second kappa shape index (κ2) is 6.66. The van der Waals surface area contributed by atoms with Crippen molar-refractivity contribution in [3.63, 3.8) is 0 Å². The highest BCUT2D eigenvalue weighted by Crippen LogP contribution is 2.12. The summed E-state index contributed by atoms with van der Waals surface area (Å²) in [6, 6.07) is 19.7. The lowest BCUT2D eigenvalue weighted by molar-refractivity contribution is -0.144. The summed E-state index contributed by atoms with van der Waals surface area (Å²) in [7, 11) is 0. The molecule has 0 aromatic heterocycles. The lowest BCUT2D eigenvalue weighted by atomic mass is 10.0. The summed E-state index contributed by atoms with van der Waals surface area (Å²) in [5.74, 6) is -0.332. The van der Waals surface area contributed by atoms with Gasteiger partial charge in [0.1, 0.15) is 0 Å². The van der Waals surface area contributed by atoms with Crippen LogP contribution in [0.3, 0.4) is 0 Å². The van der Waals surface area contributed by atoms with Crippen LogP contribution in [0.15, 0.2) is 65.7 Å². The van der Waals surface area contributed by atoms with Gasteiger partial charge in [-0.15, -0.1) is 0 Å². The summed E-state index contributed by atoms with van der Waals surface area (Å²) in [4.78, 5) is 15.5. The second-order valence-electron chi connectivity index (χ2n) is 4.42. The summed E-state index contributed by atoms with van der Waals surface area (Å²) in [6.07, 6.45) is -0.511. The zero-order chi connectivity index (χ0) is 14.4. The van der Waals surface area contributed by atoms with E-state index in [0.717, 1.165) is 16.8 Å². The van der Waals surface area contributed by atoms with Gasteiger partial charge < -0.3 is 4.74 Å². The van der Waals surface area contributed by atoms with Crippen LogP contribution in [-0.2, 0) is 9.53 Å². The van der Waals surface area contributed by atoms with E-state index in [4.69, 9.17) is 4.74 Å². The van der Waals surface area contributed by atoms with Crippen molar-refractivity contribution >= 4 is 11.7 Å². The molecule has 0 aliphatic carbocycles. The van der Waals surface area contributed by atoms with E-state index in [9.17, 15) is 4.79 Å². The fraction of sp³-hybridized carbons (Fsp3) is 0.176. The van der Waals surface area contributed by atoms with Crippen LogP contribution in [-0.4, -0.2) is 17.9 Å².